The highest BCUT2D eigenvalue weighted by atomic mass is 16.3. The fourth-order valence-corrected chi connectivity index (χ4v) is 1.86. The number of rotatable bonds is 3. The molecule has 0 aliphatic rings. The van der Waals surface area contributed by atoms with E-state index in [-0.39, 0.29) is 16.8 Å². The highest BCUT2D eigenvalue weighted by molar-refractivity contribution is 5.34. The fraction of sp³-hybridized carbons (Fsp3) is 0.333. The topological polar surface area (TPSA) is 67.2 Å². The highest BCUT2D eigenvalue weighted by Crippen LogP contribution is 2.12. The van der Waals surface area contributed by atoms with E-state index >= 15 is 0 Å². The van der Waals surface area contributed by atoms with Crippen LogP contribution in [-0.2, 0) is 12.1 Å². The molecule has 5 nitrogen and oxygen atoms in total. The molecule has 0 radical (unpaired) electrons. The van der Waals surface area contributed by atoms with Crippen molar-refractivity contribution < 1.29 is 5.11 Å². The average molecular weight is 273 g/mol. The normalized spacial score (nSPS) is 11.3. The molecule has 0 aliphatic heterocycles. The molecule has 1 aromatic heterocycles. The van der Waals surface area contributed by atoms with Crippen molar-refractivity contribution in [2.45, 2.75) is 32.9 Å². The van der Waals surface area contributed by atoms with E-state index in [1.807, 2.05) is 20.8 Å². The highest BCUT2D eigenvalue weighted by Gasteiger charge is 2.16. The van der Waals surface area contributed by atoms with Crippen molar-refractivity contribution in [3.05, 3.63) is 52.6 Å². The standard InChI is InChI=1S/C15H19N3O2/c1-15(2,3)18-9-8-16-13(14(18)20)17-10-11-4-6-12(19)7-5-11/h4-9,19H,10H2,1-3H3,(H,16,17). The maximum atomic E-state index is 12.3. The maximum Gasteiger partial charge on any atom is 0.293 e. The van der Waals surface area contributed by atoms with Gasteiger partial charge in [0.05, 0.1) is 0 Å². The zero-order chi connectivity index (χ0) is 14.8. The Bertz CT molecular complexity index is 639. The number of phenols is 1. The number of nitrogens with one attached hydrogen (secondary N) is 1. The van der Waals surface area contributed by atoms with Crippen molar-refractivity contribution in [3.63, 3.8) is 0 Å². The summed E-state index contributed by atoms with van der Waals surface area (Å²) < 4.78 is 1.65. The zero-order valence-corrected chi connectivity index (χ0v) is 11.9. The number of phenolic OH excluding ortho intramolecular Hbond substituents is 1. The van der Waals surface area contributed by atoms with Gasteiger partial charge in [0.1, 0.15) is 5.75 Å². The molecule has 2 rings (SSSR count). The Kier molecular flexibility index (Phi) is 3.79. The molecule has 0 saturated carbocycles. The number of hydrogen-bond acceptors (Lipinski definition) is 4. The number of aromatic nitrogens is 2. The summed E-state index contributed by atoms with van der Waals surface area (Å²) in [6, 6.07) is 6.83. The predicted molar refractivity (Wildman–Crippen MR) is 78.9 cm³/mol. The SMILES string of the molecule is CC(C)(C)n1ccnc(NCc2ccc(O)cc2)c1=O. The molecule has 0 bridgehead atoms. The minimum atomic E-state index is -0.283. The minimum absolute atomic E-state index is 0.140. The first-order valence-electron chi connectivity index (χ1n) is 6.48. The Morgan fingerprint density at radius 3 is 2.50 bits per heavy atom. The summed E-state index contributed by atoms with van der Waals surface area (Å²) in [5, 5.41) is 12.3. The number of hydrogen-bond donors (Lipinski definition) is 2. The third-order valence-electron chi connectivity index (χ3n) is 2.96. The van der Waals surface area contributed by atoms with E-state index in [2.05, 4.69) is 10.3 Å². The molecule has 20 heavy (non-hydrogen) atoms. The molecule has 1 aromatic carbocycles. The first-order valence-corrected chi connectivity index (χ1v) is 6.48. The van der Waals surface area contributed by atoms with Crippen molar-refractivity contribution in [2.75, 3.05) is 5.32 Å². The van der Waals surface area contributed by atoms with Crippen molar-refractivity contribution in [1.29, 1.82) is 0 Å². The molecule has 0 amide bonds. The zero-order valence-electron chi connectivity index (χ0n) is 11.9. The number of nitrogens with zero attached hydrogens (tertiary/aromatic N) is 2. The fourth-order valence-electron chi connectivity index (χ4n) is 1.86. The Morgan fingerprint density at radius 2 is 1.90 bits per heavy atom. The Labute approximate surface area is 117 Å². The second kappa shape index (κ2) is 5.36. The van der Waals surface area contributed by atoms with Crippen LogP contribution < -0.4 is 10.9 Å². The average Bonchev–Trinajstić information content (AvgIpc) is 2.38. The van der Waals surface area contributed by atoms with Crippen molar-refractivity contribution in [1.82, 2.24) is 9.55 Å². The van der Waals surface area contributed by atoms with E-state index in [0.29, 0.717) is 12.4 Å². The molecule has 0 unspecified atom stereocenters. The summed E-state index contributed by atoms with van der Waals surface area (Å²) in [5.74, 6) is 0.553. The minimum Gasteiger partial charge on any atom is -0.508 e. The van der Waals surface area contributed by atoms with E-state index in [1.165, 1.54) is 0 Å². The summed E-state index contributed by atoms with van der Waals surface area (Å²) in [4.78, 5) is 16.4. The van der Waals surface area contributed by atoms with Crippen LogP contribution in [0.15, 0.2) is 41.5 Å². The molecule has 2 aromatic rings. The van der Waals surface area contributed by atoms with E-state index in [4.69, 9.17) is 0 Å². The lowest BCUT2D eigenvalue weighted by molar-refractivity contribution is 0.383. The molecule has 0 aliphatic carbocycles. The van der Waals surface area contributed by atoms with Crippen LogP contribution in [0.25, 0.3) is 0 Å². The molecular weight excluding hydrogens is 254 g/mol. The number of anilines is 1. The van der Waals surface area contributed by atoms with Gasteiger partial charge in [-0.1, -0.05) is 12.1 Å². The Morgan fingerprint density at radius 1 is 1.25 bits per heavy atom. The second-order valence-electron chi connectivity index (χ2n) is 5.64. The third-order valence-corrected chi connectivity index (χ3v) is 2.96. The van der Waals surface area contributed by atoms with Gasteiger partial charge in [-0.3, -0.25) is 4.79 Å². The molecular formula is C15H19N3O2. The predicted octanol–water partition coefficient (Wildman–Crippen LogP) is 2.32. The Balaban J connectivity index is 2.18. The van der Waals surface area contributed by atoms with Crippen LogP contribution in [0.3, 0.4) is 0 Å². The molecule has 106 valence electrons. The quantitative estimate of drug-likeness (QED) is 0.900. The molecule has 0 atom stereocenters. The van der Waals surface area contributed by atoms with Gasteiger partial charge in [0.2, 0.25) is 0 Å². The van der Waals surface area contributed by atoms with Gasteiger partial charge in [0.25, 0.3) is 5.56 Å². The van der Waals surface area contributed by atoms with Crippen molar-refractivity contribution >= 4 is 5.82 Å². The van der Waals surface area contributed by atoms with Gasteiger partial charge in [-0.25, -0.2) is 4.98 Å². The van der Waals surface area contributed by atoms with Crippen LogP contribution in [0, 0.1) is 0 Å². The lowest BCUT2D eigenvalue weighted by Crippen LogP contribution is -2.35. The summed E-state index contributed by atoms with van der Waals surface area (Å²) in [6.45, 7) is 6.39. The van der Waals surface area contributed by atoms with Gasteiger partial charge >= 0.3 is 0 Å². The van der Waals surface area contributed by atoms with Gasteiger partial charge in [-0.15, -0.1) is 0 Å². The van der Waals surface area contributed by atoms with Crippen molar-refractivity contribution in [3.8, 4) is 5.75 Å². The van der Waals surface area contributed by atoms with E-state index in [0.717, 1.165) is 5.56 Å². The number of aromatic hydroxyl groups is 1. The van der Waals surface area contributed by atoms with Crippen LogP contribution in [0.1, 0.15) is 26.3 Å². The second-order valence-corrected chi connectivity index (χ2v) is 5.64. The van der Waals surface area contributed by atoms with Gasteiger partial charge in [0, 0.05) is 24.5 Å². The lowest BCUT2D eigenvalue weighted by atomic mass is 10.1. The lowest BCUT2D eigenvalue weighted by Gasteiger charge is -2.22. The van der Waals surface area contributed by atoms with Crippen LogP contribution in [0.5, 0.6) is 5.75 Å². The van der Waals surface area contributed by atoms with Crippen molar-refractivity contribution in [2.24, 2.45) is 0 Å². The summed E-state index contributed by atoms with van der Waals surface area (Å²) in [5.41, 5.74) is 0.545. The summed E-state index contributed by atoms with van der Waals surface area (Å²) in [6.07, 6.45) is 3.31. The third kappa shape index (κ3) is 3.17. The smallest absolute Gasteiger partial charge is 0.293 e. The van der Waals surface area contributed by atoms with Gasteiger partial charge in [0.15, 0.2) is 5.82 Å². The first-order chi connectivity index (χ1) is 9.38. The molecule has 0 spiro atoms. The summed E-state index contributed by atoms with van der Waals surface area (Å²) >= 11 is 0. The van der Waals surface area contributed by atoms with Crippen LogP contribution >= 0.6 is 0 Å². The molecule has 2 N–H and O–H groups in total. The van der Waals surface area contributed by atoms with E-state index in [9.17, 15) is 9.90 Å². The first kappa shape index (κ1) is 14.1. The van der Waals surface area contributed by atoms with Gasteiger partial charge < -0.3 is 15.0 Å². The van der Waals surface area contributed by atoms with Crippen LogP contribution in [0.4, 0.5) is 5.82 Å². The van der Waals surface area contributed by atoms with Gasteiger partial charge in [-0.2, -0.15) is 0 Å². The molecule has 0 saturated heterocycles. The number of benzene rings is 1. The van der Waals surface area contributed by atoms with Gasteiger partial charge in [-0.05, 0) is 38.5 Å². The van der Waals surface area contributed by atoms with Crippen LogP contribution in [-0.4, -0.2) is 14.7 Å². The molecule has 0 fully saturated rings. The van der Waals surface area contributed by atoms with E-state index < -0.39 is 0 Å². The summed E-state index contributed by atoms with van der Waals surface area (Å²) in [7, 11) is 0. The molecule has 1 heterocycles. The monoisotopic (exact) mass is 273 g/mol. The molecule has 5 heteroatoms. The Hall–Kier alpha value is -2.30. The maximum absolute atomic E-state index is 12.3. The van der Waals surface area contributed by atoms with E-state index in [1.54, 1.807) is 41.2 Å². The van der Waals surface area contributed by atoms with Crippen LogP contribution in [0.2, 0.25) is 0 Å². The largest absolute Gasteiger partial charge is 0.508 e.